The van der Waals surface area contributed by atoms with Crippen molar-refractivity contribution >= 4 is 11.7 Å². The van der Waals surface area contributed by atoms with E-state index in [1.807, 2.05) is 0 Å². The summed E-state index contributed by atoms with van der Waals surface area (Å²) in [5.74, 6) is -0.815. The number of fused-ring (bicyclic) bond motifs is 2. The number of amides is 1. The minimum absolute atomic E-state index is 0.204. The van der Waals surface area contributed by atoms with Crippen molar-refractivity contribution in [3.8, 4) is 0 Å². The molecule has 0 radical (unpaired) electrons. The van der Waals surface area contributed by atoms with Gasteiger partial charge in [-0.3, -0.25) is 9.59 Å². The van der Waals surface area contributed by atoms with Crippen LogP contribution in [-0.2, 0) is 9.59 Å². The Bertz CT molecular complexity index is 276. The van der Waals surface area contributed by atoms with Gasteiger partial charge in [-0.2, -0.15) is 0 Å². The van der Waals surface area contributed by atoms with Crippen LogP contribution in [0.25, 0.3) is 0 Å². The van der Waals surface area contributed by atoms with Crippen LogP contribution in [0.15, 0.2) is 0 Å². The summed E-state index contributed by atoms with van der Waals surface area (Å²) in [6.07, 6.45) is 4.44. The minimum Gasteiger partial charge on any atom is -0.347 e. The number of nitrogens with zero attached hydrogens (tertiary/aromatic N) is 1. The number of hydrogen-bond donors (Lipinski definition) is 1. The van der Waals surface area contributed by atoms with E-state index in [0.29, 0.717) is 12.1 Å². The molecule has 2 saturated heterocycles. The molecule has 1 N–H and O–H groups in total. The summed E-state index contributed by atoms with van der Waals surface area (Å²) in [4.78, 5) is 24.5. The maximum Gasteiger partial charge on any atom is 0.287 e. The first-order valence-electron chi connectivity index (χ1n) is 5.61. The fraction of sp³-hybridized carbons (Fsp3) is 0.818. The summed E-state index contributed by atoms with van der Waals surface area (Å²) in [5.41, 5.74) is 0. The number of hydrogen-bond acceptors (Lipinski definition) is 3. The average molecular weight is 210 g/mol. The van der Waals surface area contributed by atoms with Crippen molar-refractivity contribution in [1.82, 2.24) is 10.2 Å². The van der Waals surface area contributed by atoms with Gasteiger partial charge < -0.3 is 10.2 Å². The Balaban J connectivity index is 1.92. The molecule has 0 saturated carbocycles. The molecule has 0 spiro atoms. The van der Waals surface area contributed by atoms with Gasteiger partial charge in [0.05, 0.1) is 0 Å². The lowest BCUT2D eigenvalue weighted by Gasteiger charge is -2.36. The molecule has 2 bridgehead atoms. The third-order valence-electron chi connectivity index (χ3n) is 3.75. The third kappa shape index (κ3) is 2.04. The summed E-state index contributed by atoms with van der Waals surface area (Å²) in [5, 5.41) is 2.82. The van der Waals surface area contributed by atoms with Crippen molar-refractivity contribution in [2.24, 2.45) is 0 Å². The summed E-state index contributed by atoms with van der Waals surface area (Å²) < 4.78 is 0. The highest BCUT2D eigenvalue weighted by Gasteiger charge is 2.38. The SMILES string of the molecule is CC(=O)C(=O)NC1CC2CCC(C1)N2C. The van der Waals surface area contributed by atoms with Gasteiger partial charge in [-0.1, -0.05) is 0 Å². The van der Waals surface area contributed by atoms with Crippen LogP contribution in [0.5, 0.6) is 0 Å². The Labute approximate surface area is 90.0 Å². The molecule has 2 rings (SSSR count). The summed E-state index contributed by atoms with van der Waals surface area (Å²) >= 11 is 0. The largest absolute Gasteiger partial charge is 0.347 e. The van der Waals surface area contributed by atoms with Crippen molar-refractivity contribution in [2.75, 3.05) is 7.05 Å². The van der Waals surface area contributed by atoms with E-state index in [4.69, 9.17) is 0 Å². The molecule has 2 atom stereocenters. The Morgan fingerprint density at radius 3 is 2.20 bits per heavy atom. The van der Waals surface area contributed by atoms with Crippen LogP contribution in [0.4, 0.5) is 0 Å². The van der Waals surface area contributed by atoms with E-state index in [-0.39, 0.29) is 11.8 Å². The van der Waals surface area contributed by atoms with Gasteiger partial charge in [-0.25, -0.2) is 0 Å². The second-order valence-corrected chi connectivity index (χ2v) is 4.75. The molecular weight excluding hydrogens is 192 g/mol. The highest BCUT2D eigenvalue weighted by Crippen LogP contribution is 2.34. The number of carbonyl (C=O) groups is 2. The van der Waals surface area contributed by atoms with Crippen LogP contribution in [0.3, 0.4) is 0 Å². The van der Waals surface area contributed by atoms with Gasteiger partial charge in [0.25, 0.3) is 5.91 Å². The molecule has 2 aliphatic heterocycles. The van der Waals surface area contributed by atoms with E-state index < -0.39 is 5.91 Å². The van der Waals surface area contributed by atoms with Crippen LogP contribution in [0.2, 0.25) is 0 Å². The summed E-state index contributed by atoms with van der Waals surface area (Å²) in [6, 6.07) is 1.40. The van der Waals surface area contributed by atoms with Crippen molar-refractivity contribution in [2.45, 2.75) is 50.7 Å². The van der Waals surface area contributed by atoms with Crippen LogP contribution in [0.1, 0.15) is 32.6 Å². The molecule has 2 unspecified atom stereocenters. The normalized spacial score (nSPS) is 35.2. The number of nitrogens with one attached hydrogen (secondary N) is 1. The van der Waals surface area contributed by atoms with Gasteiger partial charge in [0.1, 0.15) is 0 Å². The molecule has 0 aliphatic carbocycles. The molecule has 1 amide bonds. The van der Waals surface area contributed by atoms with E-state index in [1.165, 1.54) is 19.8 Å². The molecule has 0 aromatic carbocycles. The van der Waals surface area contributed by atoms with Crippen molar-refractivity contribution < 1.29 is 9.59 Å². The van der Waals surface area contributed by atoms with Gasteiger partial charge in [0.2, 0.25) is 5.78 Å². The molecule has 0 aromatic heterocycles. The fourth-order valence-corrected chi connectivity index (χ4v) is 2.82. The average Bonchev–Trinajstić information content (AvgIpc) is 2.41. The number of rotatable bonds is 2. The first-order valence-corrected chi connectivity index (χ1v) is 5.61. The van der Waals surface area contributed by atoms with E-state index in [9.17, 15) is 9.59 Å². The number of Topliss-reactive ketones (excluding diaryl/α,β-unsaturated/α-hetero) is 1. The predicted molar refractivity (Wildman–Crippen MR) is 56.4 cm³/mol. The van der Waals surface area contributed by atoms with Gasteiger partial charge in [0, 0.05) is 25.0 Å². The minimum atomic E-state index is -0.427. The van der Waals surface area contributed by atoms with Gasteiger partial charge >= 0.3 is 0 Å². The summed E-state index contributed by atoms with van der Waals surface area (Å²) in [6.45, 7) is 1.32. The van der Waals surface area contributed by atoms with Gasteiger partial charge in [-0.05, 0) is 32.7 Å². The second-order valence-electron chi connectivity index (χ2n) is 4.75. The molecule has 84 valence electrons. The quantitative estimate of drug-likeness (QED) is 0.668. The Kier molecular flexibility index (Phi) is 2.78. The molecule has 4 nitrogen and oxygen atoms in total. The van der Waals surface area contributed by atoms with Crippen molar-refractivity contribution in [1.29, 1.82) is 0 Å². The van der Waals surface area contributed by atoms with Crippen LogP contribution < -0.4 is 5.32 Å². The lowest BCUT2D eigenvalue weighted by Crippen LogP contribution is -2.49. The predicted octanol–water partition coefficient (Wildman–Crippen LogP) is 0.317. The molecule has 2 aliphatic rings. The maximum absolute atomic E-state index is 11.3. The number of carbonyl (C=O) groups excluding carboxylic acids is 2. The Morgan fingerprint density at radius 2 is 1.73 bits per heavy atom. The standard InChI is InChI=1S/C11H18N2O2/c1-7(14)11(15)12-8-5-9-3-4-10(6-8)13(9)2/h8-10H,3-6H2,1-2H3,(H,12,15). The monoisotopic (exact) mass is 210 g/mol. The maximum atomic E-state index is 11.3. The number of piperidine rings is 1. The molecule has 15 heavy (non-hydrogen) atoms. The summed E-state index contributed by atoms with van der Waals surface area (Å²) in [7, 11) is 2.16. The van der Waals surface area contributed by atoms with Crippen LogP contribution >= 0.6 is 0 Å². The fourth-order valence-electron chi connectivity index (χ4n) is 2.82. The zero-order valence-corrected chi connectivity index (χ0v) is 9.32. The zero-order chi connectivity index (χ0) is 11.0. The topological polar surface area (TPSA) is 49.4 Å². The van der Waals surface area contributed by atoms with Crippen molar-refractivity contribution in [3.63, 3.8) is 0 Å². The molecular formula is C11H18N2O2. The van der Waals surface area contributed by atoms with Crippen molar-refractivity contribution in [3.05, 3.63) is 0 Å². The van der Waals surface area contributed by atoms with Crippen LogP contribution in [0, 0.1) is 0 Å². The molecule has 2 fully saturated rings. The third-order valence-corrected chi connectivity index (χ3v) is 3.75. The second kappa shape index (κ2) is 3.93. The zero-order valence-electron chi connectivity index (χ0n) is 9.32. The van der Waals surface area contributed by atoms with E-state index in [1.54, 1.807) is 0 Å². The first kappa shape index (κ1) is 10.6. The highest BCUT2D eigenvalue weighted by atomic mass is 16.2. The van der Waals surface area contributed by atoms with E-state index in [0.717, 1.165) is 12.8 Å². The van der Waals surface area contributed by atoms with Gasteiger partial charge in [0.15, 0.2) is 0 Å². The van der Waals surface area contributed by atoms with Gasteiger partial charge in [-0.15, -0.1) is 0 Å². The smallest absolute Gasteiger partial charge is 0.287 e. The molecule has 0 aromatic rings. The van der Waals surface area contributed by atoms with E-state index in [2.05, 4.69) is 17.3 Å². The number of ketones is 1. The lowest BCUT2D eigenvalue weighted by molar-refractivity contribution is -0.137. The molecule has 4 heteroatoms. The Morgan fingerprint density at radius 1 is 1.20 bits per heavy atom. The van der Waals surface area contributed by atoms with E-state index >= 15 is 0 Å². The Hall–Kier alpha value is -0.900. The molecule has 2 heterocycles. The lowest BCUT2D eigenvalue weighted by atomic mass is 9.98. The highest BCUT2D eigenvalue weighted by molar-refractivity contribution is 6.35. The first-order chi connectivity index (χ1) is 7.08. The van der Waals surface area contributed by atoms with Crippen LogP contribution in [-0.4, -0.2) is 41.8 Å².